The molecular weight excluding hydrogens is 312 g/mol. The van der Waals surface area contributed by atoms with Gasteiger partial charge < -0.3 is 24.8 Å². The average Bonchev–Trinajstić information content (AvgIpc) is 2.57. The van der Waals surface area contributed by atoms with Crippen LogP contribution in [0.2, 0.25) is 0 Å². The van der Waals surface area contributed by atoms with E-state index in [-0.39, 0.29) is 46.3 Å². The van der Waals surface area contributed by atoms with Crippen LogP contribution in [0.15, 0.2) is 18.2 Å². The predicted molar refractivity (Wildman–Crippen MR) is 86.2 cm³/mol. The van der Waals surface area contributed by atoms with Gasteiger partial charge in [-0.25, -0.2) is 0 Å². The monoisotopic (exact) mass is 330 g/mol. The molecule has 2 aromatic rings. The molecule has 1 aliphatic rings. The van der Waals surface area contributed by atoms with Crippen molar-refractivity contribution in [2.24, 2.45) is 0 Å². The number of Topliss-reactive ketones (excluding diaryl/α,β-unsaturated/α-hetero) is 1. The first kappa shape index (κ1) is 16.0. The van der Waals surface area contributed by atoms with E-state index in [1.807, 2.05) is 0 Å². The Labute approximate surface area is 138 Å². The fourth-order valence-corrected chi connectivity index (χ4v) is 2.94. The lowest BCUT2D eigenvalue weighted by Gasteiger charge is -2.28. The van der Waals surface area contributed by atoms with Crippen molar-refractivity contribution in [3.8, 4) is 28.7 Å². The molecule has 6 nitrogen and oxygen atoms in total. The van der Waals surface area contributed by atoms with Gasteiger partial charge in [-0.1, -0.05) is 0 Å². The Morgan fingerprint density at radius 3 is 2.46 bits per heavy atom. The topological polar surface area (TPSA) is 96.2 Å². The van der Waals surface area contributed by atoms with Gasteiger partial charge in [-0.05, 0) is 26.0 Å². The summed E-state index contributed by atoms with van der Waals surface area (Å²) in [6.07, 6.45) is -0.736. The van der Waals surface area contributed by atoms with Crippen LogP contribution >= 0.6 is 0 Å². The van der Waals surface area contributed by atoms with E-state index in [4.69, 9.17) is 9.47 Å². The molecule has 0 saturated carbocycles. The number of hydrogen-bond donors (Lipinski definition) is 3. The van der Waals surface area contributed by atoms with Crippen LogP contribution in [-0.2, 0) is 0 Å². The van der Waals surface area contributed by atoms with Gasteiger partial charge in [0.15, 0.2) is 5.78 Å². The highest BCUT2D eigenvalue weighted by Crippen LogP contribution is 2.48. The number of aromatic hydroxyl groups is 3. The average molecular weight is 330 g/mol. The van der Waals surface area contributed by atoms with Crippen LogP contribution in [-0.4, -0.2) is 28.2 Å². The lowest BCUT2D eigenvalue weighted by Crippen LogP contribution is -2.21. The fraction of sp³-hybridized carbons (Fsp3) is 0.278. The summed E-state index contributed by atoms with van der Waals surface area (Å²) >= 11 is 0. The van der Waals surface area contributed by atoms with Crippen molar-refractivity contribution >= 4 is 5.78 Å². The Kier molecular flexibility index (Phi) is 3.75. The van der Waals surface area contributed by atoms with E-state index < -0.39 is 6.10 Å². The fourth-order valence-electron chi connectivity index (χ4n) is 2.94. The minimum absolute atomic E-state index is 0.0237. The second kappa shape index (κ2) is 5.63. The first-order valence-electron chi connectivity index (χ1n) is 7.47. The Morgan fingerprint density at radius 1 is 1.12 bits per heavy atom. The third kappa shape index (κ3) is 2.31. The Bertz CT molecular complexity index is 840. The number of phenols is 3. The molecule has 1 atom stereocenters. The summed E-state index contributed by atoms with van der Waals surface area (Å²) in [4.78, 5) is 12.5. The number of phenolic OH excluding ortho intramolecular Hbond substituents is 3. The van der Waals surface area contributed by atoms with Gasteiger partial charge in [-0.2, -0.15) is 0 Å². The third-order valence-electron chi connectivity index (χ3n) is 4.36. The predicted octanol–water partition coefficient (Wildman–Crippen LogP) is 3.14. The molecule has 0 aromatic heterocycles. The first-order valence-corrected chi connectivity index (χ1v) is 7.47. The third-order valence-corrected chi connectivity index (χ3v) is 4.36. The van der Waals surface area contributed by atoms with Crippen molar-refractivity contribution in [1.82, 2.24) is 0 Å². The summed E-state index contributed by atoms with van der Waals surface area (Å²) in [7, 11) is 1.49. The Hall–Kier alpha value is -2.89. The van der Waals surface area contributed by atoms with Gasteiger partial charge in [0.25, 0.3) is 0 Å². The molecular formula is C18H18O6. The van der Waals surface area contributed by atoms with Crippen LogP contribution in [0.5, 0.6) is 28.7 Å². The van der Waals surface area contributed by atoms with Crippen molar-refractivity contribution in [2.45, 2.75) is 26.4 Å². The highest BCUT2D eigenvalue weighted by atomic mass is 16.5. The number of carbonyl (C=O) groups is 1. The molecule has 24 heavy (non-hydrogen) atoms. The molecule has 3 N–H and O–H groups in total. The summed E-state index contributed by atoms with van der Waals surface area (Å²) < 4.78 is 10.9. The molecule has 1 heterocycles. The summed E-state index contributed by atoms with van der Waals surface area (Å²) in [5.41, 5.74) is 1.14. The van der Waals surface area contributed by atoms with Gasteiger partial charge >= 0.3 is 0 Å². The van der Waals surface area contributed by atoms with E-state index in [0.29, 0.717) is 16.9 Å². The van der Waals surface area contributed by atoms with E-state index in [9.17, 15) is 20.1 Å². The quantitative estimate of drug-likeness (QED) is 0.783. The molecule has 6 heteroatoms. The number of methoxy groups -OCH3 is 1. The van der Waals surface area contributed by atoms with Crippen molar-refractivity contribution in [3.05, 3.63) is 40.5 Å². The number of ether oxygens (including phenoxy) is 2. The number of carbonyl (C=O) groups excluding carboxylic acids is 1. The zero-order valence-electron chi connectivity index (χ0n) is 13.6. The second-order valence-corrected chi connectivity index (χ2v) is 5.81. The maximum Gasteiger partial charge on any atom is 0.174 e. The number of benzene rings is 2. The van der Waals surface area contributed by atoms with Crippen LogP contribution < -0.4 is 9.47 Å². The molecule has 0 unspecified atom stereocenters. The summed E-state index contributed by atoms with van der Waals surface area (Å²) in [5, 5.41) is 30.4. The van der Waals surface area contributed by atoms with Crippen molar-refractivity contribution < 1.29 is 29.6 Å². The zero-order valence-corrected chi connectivity index (χ0v) is 13.6. The van der Waals surface area contributed by atoms with Crippen molar-refractivity contribution in [1.29, 1.82) is 0 Å². The molecule has 0 radical (unpaired) electrons. The van der Waals surface area contributed by atoms with E-state index in [1.165, 1.54) is 20.1 Å². The highest BCUT2D eigenvalue weighted by molar-refractivity contribution is 6.03. The summed E-state index contributed by atoms with van der Waals surface area (Å²) in [6.45, 7) is 3.15. The maximum absolute atomic E-state index is 12.5. The van der Waals surface area contributed by atoms with Gasteiger partial charge in [-0.3, -0.25) is 4.79 Å². The standard InChI is InChI=1S/C18H18O6/c1-8-16(21)9(2)18-15(17(8)22)13(20)7-14(24-18)11-5-4-10(23-3)6-12(11)19/h4-6,14,19,21-22H,7H2,1-3H3/t14-/m0/s1. The molecule has 0 amide bonds. The van der Waals surface area contributed by atoms with Gasteiger partial charge in [0.2, 0.25) is 0 Å². The summed E-state index contributed by atoms with van der Waals surface area (Å²) in [6, 6.07) is 4.73. The van der Waals surface area contributed by atoms with E-state index >= 15 is 0 Å². The maximum atomic E-state index is 12.5. The molecule has 0 bridgehead atoms. The molecule has 0 saturated heterocycles. The van der Waals surface area contributed by atoms with Crippen LogP contribution in [0, 0.1) is 13.8 Å². The summed E-state index contributed by atoms with van der Waals surface area (Å²) in [5.74, 6) is -0.101. The van der Waals surface area contributed by atoms with Crippen molar-refractivity contribution in [3.63, 3.8) is 0 Å². The van der Waals surface area contributed by atoms with Crippen LogP contribution in [0.1, 0.15) is 39.6 Å². The molecule has 0 spiro atoms. The Balaban J connectivity index is 2.09. The van der Waals surface area contributed by atoms with Crippen molar-refractivity contribution in [2.75, 3.05) is 7.11 Å². The molecule has 1 aliphatic heterocycles. The Morgan fingerprint density at radius 2 is 1.83 bits per heavy atom. The molecule has 3 rings (SSSR count). The lowest BCUT2D eigenvalue weighted by atomic mass is 9.91. The molecule has 2 aromatic carbocycles. The first-order chi connectivity index (χ1) is 11.3. The van der Waals surface area contributed by atoms with E-state index in [2.05, 4.69) is 0 Å². The molecule has 0 fully saturated rings. The minimum atomic E-state index is -0.712. The largest absolute Gasteiger partial charge is 0.507 e. The smallest absolute Gasteiger partial charge is 0.174 e. The highest BCUT2D eigenvalue weighted by Gasteiger charge is 2.34. The minimum Gasteiger partial charge on any atom is -0.507 e. The van der Waals surface area contributed by atoms with Gasteiger partial charge in [0.1, 0.15) is 40.4 Å². The van der Waals surface area contributed by atoms with E-state index in [1.54, 1.807) is 19.1 Å². The SMILES string of the molecule is COc1ccc([C@@H]2CC(=O)c3c(O)c(C)c(O)c(C)c3O2)c(O)c1. The number of ketones is 1. The lowest BCUT2D eigenvalue weighted by molar-refractivity contribution is 0.0839. The van der Waals surface area contributed by atoms with Gasteiger partial charge in [0, 0.05) is 22.8 Å². The van der Waals surface area contributed by atoms with Gasteiger partial charge in [0.05, 0.1) is 13.5 Å². The molecule has 0 aliphatic carbocycles. The molecule has 126 valence electrons. The van der Waals surface area contributed by atoms with Crippen LogP contribution in [0.4, 0.5) is 0 Å². The van der Waals surface area contributed by atoms with Gasteiger partial charge in [-0.15, -0.1) is 0 Å². The zero-order chi connectivity index (χ0) is 17.6. The number of hydrogen-bond acceptors (Lipinski definition) is 6. The number of fused-ring (bicyclic) bond motifs is 1. The van der Waals surface area contributed by atoms with Crippen LogP contribution in [0.25, 0.3) is 0 Å². The number of rotatable bonds is 2. The van der Waals surface area contributed by atoms with Crippen LogP contribution in [0.3, 0.4) is 0 Å². The van der Waals surface area contributed by atoms with E-state index in [0.717, 1.165) is 0 Å². The normalized spacial score (nSPS) is 16.5. The second-order valence-electron chi connectivity index (χ2n) is 5.81.